The zero-order valence-electron chi connectivity index (χ0n) is 18.8. The minimum absolute atomic E-state index is 0. The van der Waals surface area contributed by atoms with E-state index in [1.165, 1.54) is 0 Å². The Bertz CT molecular complexity index is 1150. The number of hydrogen-bond acceptors (Lipinski definition) is 5. The van der Waals surface area contributed by atoms with Gasteiger partial charge in [-0.25, -0.2) is 4.98 Å². The molecule has 2 N–H and O–H groups in total. The van der Waals surface area contributed by atoms with Crippen LogP contribution < -0.4 is 5.32 Å². The number of amides is 1. The molecule has 0 radical (unpaired) electrons. The van der Waals surface area contributed by atoms with Gasteiger partial charge in [0.2, 0.25) is 11.9 Å². The van der Waals surface area contributed by atoms with E-state index in [1.54, 1.807) is 6.92 Å². The lowest BCUT2D eigenvalue weighted by molar-refractivity contribution is -0.132. The molecule has 7 nitrogen and oxygen atoms in total. The maximum absolute atomic E-state index is 11.6. The highest BCUT2D eigenvalue weighted by Gasteiger charge is 2.46. The second-order valence-electron chi connectivity index (χ2n) is 9.20. The summed E-state index contributed by atoms with van der Waals surface area (Å²) in [5, 5.41) is 4.53. The molecule has 5 rings (SSSR count). The smallest absolute Gasteiger partial charge is 0.224 e. The van der Waals surface area contributed by atoms with Crippen LogP contribution in [0.5, 0.6) is 0 Å². The number of aliphatic imine (C=N–C) groups is 1. The molecule has 2 aromatic heterocycles. The average molecular weight is 435 g/mol. The molecule has 1 saturated heterocycles. The van der Waals surface area contributed by atoms with Crippen LogP contribution in [0.4, 0.5) is 5.95 Å². The van der Waals surface area contributed by atoms with E-state index < -0.39 is 0 Å². The first-order valence-corrected chi connectivity index (χ1v) is 11.5. The zero-order valence-corrected chi connectivity index (χ0v) is 18.8. The van der Waals surface area contributed by atoms with Crippen LogP contribution in [-0.4, -0.2) is 50.6 Å². The molecule has 0 aromatic carbocycles. The predicted octanol–water partition coefficient (Wildman–Crippen LogP) is 4.97. The first kappa shape index (κ1) is 20.7. The van der Waals surface area contributed by atoms with Gasteiger partial charge in [-0.2, -0.15) is 4.98 Å². The molecule has 2 aromatic rings. The Morgan fingerprint density at radius 1 is 1.34 bits per heavy atom. The van der Waals surface area contributed by atoms with Crippen molar-refractivity contribution in [1.82, 2.24) is 19.9 Å². The third kappa shape index (κ3) is 3.99. The van der Waals surface area contributed by atoms with Gasteiger partial charge in [-0.15, -0.1) is 0 Å². The molecule has 0 atom stereocenters. The van der Waals surface area contributed by atoms with Crippen LogP contribution in [0.1, 0.15) is 54.4 Å². The molecule has 1 amide bonds. The van der Waals surface area contributed by atoms with E-state index in [1.807, 2.05) is 30.4 Å². The molecular weight excluding hydrogens is 400 g/mol. The van der Waals surface area contributed by atoms with Crippen LogP contribution in [-0.2, 0) is 4.79 Å². The molecular formula is C25H34N6O. The molecule has 1 spiro atoms. The summed E-state index contributed by atoms with van der Waals surface area (Å²) in [6, 6.07) is 0.403. The summed E-state index contributed by atoms with van der Waals surface area (Å²) in [6.07, 6.45) is 19.4. The predicted molar refractivity (Wildman–Crippen MR) is 133 cm³/mol. The van der Waals surface area contributed by atoms with E-state index in [9.17, 15) is 4.79 Å². The van der Waals surface area contributed by atoms with Gasteiger partial charge in [0.25, 0.3) is 0 Å². The average Bonchev–Trinajstić information content (AvgIpc) is 3.44. The number of carbonyl (C=O) groups excluding carboxylic acids is 1. The van der Waals surface area contributed by atoms with Crippen LogP contribution in [0, 0.1) is 5.41 Å². The Kier molecular flexibility index (Phi) is 5.41. The Morgan fingerprint density at radius 2 is 2.16 bits per heavy atom. The quantitative estimate of drug-likeness (QED) is 0.651. The summed E-state index contributed by atoms with van der Waals surface area (Å²) in [5.74, 6) is 0.873. The molecule has 0 bridgehead atoms. The molecule has 170 valence electrons. The topological polar surface area (TPSA) is 86.3 Å². The van der Waals surface area contributed by atoms with Gasteiger partial charge >= 0.3 is 0 Å². The number of aromatic amines is 1. The number of H-pyrrole nitrogens is 1. The Labute approximate surface area is 191 Å². The second kappa shape index (κ2) is 8.37. The number of piperidine rings is 1. The fourth-order valence-corrected chi connectivity index (χ4v) is 5.20. The molecule has 3 aliphatic rings. The maximum Gasteiger partial charge on any atom is 0.224 e. The van der Waals surface area contributed by atoms with E-state index in [0.29, 0.717) is 17.4 Å². The molecule has 2 fully saturated rings. The third-order valence-electron chi connectivity index (χ3n) is 7.14. The first-order valence-electron chi connectivity index (χ1n) is 11.5. The van der Waals surface area contributed by atoms with Crippen molar-refractivity contribution in [3.05, 3.63) is 48.5 Å². The number of carbonyl (C=O) groups is 1. The maximum atomic E-state index is 11.6. The normalized spacial score (nSPS) is 20.9. The van der Waals surface area contributed by atoms with Crippen molar-refractivity contribution in [2.75, 3.05) is 18.4 Å². The number of allylic oxidation sites excluding steroid dienone is 5. The molecule has 0 unspecified atom stereocenters. The number of nitrogens with one attached hydrogen (secondary N) is 2. The van der Waals surface area contributed by atoms with Crippen LogP contribution in [0.25, 0.3) is 16.6 Å². The summed E-state index contributed by atoms with van der Waals surface area (Å²) in [7, 11) is 0. The van der Waals surface area contributed by atoms with Gasteiger partial charge in [-0.1, -0.05) is 18.2 Å². The van der Waals surface area contributed by atoms with Gasteiger partial charge in [-0.05, 0) is 49.7 Å². The number of anilines is 1. The molecule has 4 heterocycles. The highest BCUT2D eigenvalue weighted by molar-refractivity contribution is 6.01. The largest absolute Gasteiger partial charge is 0.351 e. The number of aromatic nitrogens is 3. The lowest BCUT2D eigenvalue weighted by Gasteiger charge is -2.52. The van der Waals surface area contributed by atoms with E-state index in [-0.39, 0.29) is 8.76 Å². The first-order chi connectivity index (χ1) is 15.5. The Balaban J connectivity index is 0.00000162. The third-order valence-corrected chi connectivity index (χ3v) is 7.14. The number of nitrogens with zero attached hydrogens (tertiary/aromatic N) is 4. The van der Waals surface area contributed by atoms with Crippen molar-refractivity contribution in [2.24, 2.45) is 10.4 Å². The summed E-state index contributed by atoms with van der Waals surface area (Å²) in [4.78, 5) is 30.5. The van der Waals surface area contributed by atoms with Crippen molar-refractivity contribution in [3.63, 3.8) is 0 Å². The van der Waals surface area contributed by atoms with Crippen molar-refractivity contribution < 1.29 is 7.65 Å². The monoisotopic (exact) mass is 434 g/mol. The van der Waals surface area contributed by atoms with Crippen LogP contribution in [0.3, 0.4) is 0 Å². The van der Waals surface area contributed by atoms with Crippen molar-refractivity contribution in [3.8, 4) is 0 Å². The number of fused-ring (bicyclic) bond motifs is 1. The van der Waals surface area contributed by atoms with Crippen molar-refractivity contribution >= 4 is 34.2 Å². The van der Waals surface area contributed by atoms with Gasteiger partial charge in [0.1, 0.15) is 5.65 Å². The molecule has 7 heteroatoms. The lowest BCUT2D eigenvalue weighted by Crippen LogP contribution is -2.52. The highest BCUT2D eigenvalue weighted by Crippen LogP contribution is 2.49. The van der Waals surface area contributed by atoms with Gasteiger partial charge in [0, 0.05) is 70.6 Å². The number of rotatable bonds is 5. The van der Waals surface area contributed by atoms with E-state index in [0.717, 1.165) is 73.1 Å². The Hall–Kier alpha value is -3.22. The molecule has 32 heavy (non-hydrogen) atoms. The fourth-order valence-electron chi connectivity index (χ4n) is 5.20. The van der Waals surface area contributed by atoms with E-state index in [4.69, 9.17) is 4.98 Å². The van der Waals surface area contributed by atoms with Crippen LogP contribution in [0.2, 0.25) is 0 Å². The summed E-state index contributed by atoms with van der Waals surface area (Å²) in [5.41, 5.74) is 4.51. The summed E-state index contributed by atoms with van der Waals surface area (Å²) >= 11 is 0. The lowest BCUT2D eigenvalue weighted by atomic mass is 9.60. The number of likely N-dealkylation sites (tertiary alicyclic amines) is 1. The standard InChI is InChI=1S/C25H30N6O.2H2/c1-3-18(6-7-19-5-4-10-26-19)21-15-27-23-22(21)16-28-24(30-23)29-20-13-25(14-20)8-11-31(12-9-25)17(2)32;;/h3-4,6-7,10,15-16,20H,5,8-9,11-14H2,1-2H3,(H2,27,28,29,30);2*1H/b7-6-,18-3+;;. The van der Waals surface area contributed by atoms with Crippen LogP contribution >= 0.6 is 0 Å². The zero-order chi connectivity index (χ0) is 22.1. The van der Waals surface area contributed by atoms with Crippen LogP contribution in [0.15, 0.2) is 47.9 Å². The molecule has 1 saturated carbocycles. The van der Waals surface area contributed by atoms with E-state index in [2.05, 4.69) is 44.6 Å². The van der Waals surface area contributed by atoms with Crippen molar-refractivity contribution in [1.29, 1.82) is 0 Å². The van der Waals surface area contributed by atoms with Gasteiger partial charge in [0.05, 0.1) is 0 Å². The highest BCUT2D eigenvalue weighted by atomic mass is 16.2. The molecule has 2 aliphatic heterocycles. The minimum Gasteiger partial charge on any atom is -0.351 e. The summed E-state index contributed by atoms with van der Waals surface area (Å²) < 4.78 is 0. The Morgan fingerprint density at radius 3 is 2.84 bits per heavy atom. The van der Waals surface area contributed by atoms with Gasteiger partial charge < -0.3 is 15.2 Å². The van der Waals surface area contributed by atoms with Gasteiger partial charge in [0.15, 0.2) is 0 Å². The SMILES string of the molecule is C/C=C(\C=C/C1=NC=CC1)c1c[nH]c2nc(NC3CC4(CCN(C(C)=O)CC4)C3)ncc12.[HH].[HH]. The molecule has 1 aliphatic carbocycles. The second-order valence-corrected chi connectivity index (χ2v) is 9.20. The van der Waals surface area contributed by atoms with E-state index >= 15 is 0 Å². The summed E-state index contributed by atoms with van der Waals surface area (Å²) in [6.45, 7) is 5.49. The van der Waals surface area contributed by atoms with Crippen molar-refractivity contribution in [2.45, 2.75) is 52.0 Å². The minimum atomic E-state index is 0. The fraction of sp³-hybridized carbons (Fsp3) is 0.440. The number of hydrogen-bond donors (Lipinski definition) is 2. The van der Waals surface area contributed by atoms with Gasteiger partial charge in [-0.3, -0.25) is 9.79 Å².